The molecular weight excluding hydrogens is 312 g/mol. The first kappa shape index (κ1) is 16.5. The third-order valence-electron chi connectivity index (χ3n) is 3.75. The van der Waals surface area contributed by atoms with Gasteiger partial charge in [-0.25, -0.2) is 5.43 Å². The molecule has 0 unspecified atom stereocenters. The number of nitrogens with one attached hydrogen (secondary N) is 1. The molecule has 1 N–H and O–H groups in total. The molecular formula is C21H18N2O2. The molecule has 0 bridgehead atoms. The van der Waals surface area contributed by atoms with E-state index in [0.717, 1.165) is 16.7 Å². The number of carbonyl (C=O) groups is 1. The number of amides is 1. The summed E-state index contributed by atoms with van der Waals surface area (Å²) in [6.45, 7) is 0. The first-order valence-corrected chi connectivity index (χ1v) is 7.90. The lowest BCUT2D eigenvalue weighted by molar-refractivity contribution is 0.0952. The summed E-state index contributed by atoms with van der Waals surface area (Å²) < 4.78 is 5.17. The maximum absolute atomic E-state index is 12.1. The van der Waals surface area contributed by atoms with Crippen molar-refractivity contribution in [3.8, 4) is 16.9 Å². The minimum absolute atomic E-state index is 0.311. The minimum atomic E-state index is -0.311. The zero-order valence-electron chi connectivity index (χ0n) is 13.8. The summed E-state index contributed by atoms with van der Waals surface area (Å²) in [5.41, 5.74) is 6.17. The Morgan fingerprint density at radius 2 is 1.52 bits per heavy atom. The maximum atomic E-state index is 12.1. The van der Waals surface area contributed by atoms with E-state index >= 15 is 0 Å². The van der Waals surface area contributed by atoms with Crippen LogP contribution in [0.5, 0.6) is 5.75 Å². The molecule has 0 aliphatic rings. The highest BCUT2D eigenvalue weighted by atomic mass is 16.5. The number of hydrogen-bond donors (Lipinski definition) is 1. The number of hydrogen-bond acceptors (Lipinski definition) is 3. The van der Waals surface area contributed by atoms with E-state index in [9.17, 15) is 4.79 Å². The van der Waals surface area contributed by atoms with Crippen LogP contribution < -0.4 is 10.2 Å². The van der Waals surface area contributed by atoms with Crippen LogP contribution in [0.25, 0.3) is 11.1 Å². The Hall–Kier alpha value is -3.40. The van der Waals surface area contributed by atoms with Gasteiger partial charge in [-0.15, -0.1) is 0 Å². The highest BCUT2D eigenvalue weighted by Gasteiger charge is 2.09. The van der Waals surface area contributed by atoms with Crippen LogP contribution in [0.2, 0.25) is 0 Å². The topological polar surface area (TPSA) is 50.7 Å². The SMILES string of the molecule is COc1ccccc1C(=O)N/N=C/c1ccc(-c2ccccc2)cc1. The largest absolute Gasteiger partial charge is 0.496 e. The molecule has 124 valence electrons. The Balaban J connectivity index is 1.65. The van der Waals surface area contributed by atoms with Crippen molar-refractivity contribution in [2.75, 3.05) is 7.11 Å². The van der Waals surface area contributed by atoms with Gasteiger partial charge in [-0.1, -0.05) is 66.7 Å². The second-order valence-electron chi connectivity index (χ2n) is 5.39. The lowest BCUT2D eigenvalue weighted by Gasteiger charge is -2.06. The molecule has 3 aromatic rings. The van der Waals surface area contributed by atoms with Gasteiger partial charge in [0.15, 0.2) is 0 Å². The predicted molar refractivity (Wildman–Crippen MR) is 99.9 cm³/mol. The zero-order valence-corrected chi connectivity index (χ0v) is 13.8. The van der Waals surface area contributed by atoms with Gasteiger partial charge in [0.25, 0.3) is 5.91 Å². The van der Waals surface area contributed by atoms with Crippen molar-refractivity contribution in [2.45, 2.75) is 0 Å². The molecule has 0 saturated carbocycles. The number of methoxy groups -OCH3 is 1. The van der Waals surface area contributed by atoms with Crippen LogP contribution in [0.3, 0.4) is 0 Å². The van der Waals surface area contributed by atoms with E-state index in [2.05, 4.69) is 22.7 Å². The number of nitrogens with zero attached hydrogens (tertiary/aromatic N) is 1. The summed E-state index contributed by atoms with van der Waals surface area (Å²) >= 11 is 0. The van der Waals surface area contributed by atoms with Crippen molar-refractivity contribution in [2.24, 2.45) is 5.10 Å². The fraction of sp³-hybridized carbons (Fsp3) is 0.0476. The number of benzene rings is 3. The molecule has 3 aromatic carbocycles. The van der Waals surface area contributed by atoms with Crippen LogP contribution in [-0.4, -0.2) is 19.2 Å². The molecule has 0 heterocycles. The normalized spacial score (nSPS) is 10.6. The molecule has 25 heavy (non-hydrogen) atoms. The number of ether oxygens (including phenoxy) is 1. The van der Waals surface area contributed by atoms with Crippen LogP contribution in [0.4, 0.5) is 0 Å². The van der Waals surface area contributed by atoms with Crippen LogP contribution in [0.15, 0.2) is 84.0 Å². The molecule has 4 heteroatoms. The Bertz CT molecular complexity index is 872. The molecule has 0 aliphatic heterocycles. The minimum Gasteiger partial charge on any atom is -0.496 e. The van der Waals surface area contributed by atoms with E-state index in [0.29, 0.717) is 11.3 Å². The summed E-state index contributed by atoms with van der Waals surface area (Å²) in [7, 11) is 1.53. The summed E-state index contributed by atoms with van der Waals surface area (Å²) in [4.78, 5) is 12.1. The molecule has 0 aliphatic carbocycles. The third-order valence-corrected chi connectivity index (χ3v) is 3.75. The molecule has 0 spiro atoms. The lowest BCUT2D eigenvalue weighted by atomic mass is 10.0. The molecule has 0 atom stereocenters. The van der Waals surface area contributed by atoms with E-state index in [4.69, 9.17) is 4.74 Å². The van der Waals surface area contributed by atoms with Gasteiger partial charge in [0, 0.05) is 0 Å². The molecule has 0 saturated heterocycles. The number of carbonyl (C=O) groups excluding carboxylic acids is 1. The van der Waals surface area contributed by atoms with E-state index in [1.54, 1.807) is 24.4 Å². The van der Waals surface area contributed by atoms with Crippen LogP contribution in [-0.2, 0) is 0 Å². The van der Waals surface area contributed by atoms with Gasteiger partial charge in [-0.3, -0.25) is 4.79 Å². The summed E-state index contributed by atoms with van der Waals surface area (Å²) in [5, 5.41) is 4.02. The first-order chi connectivity index (χ1) is 12.3. The Labute approximate surface area is 146 Å². The van der Waals surface area contributed by atoms with Gasteiger partial charge < -0.3 is 4.74 Å². The molecule has 0 fully saturated rings. The van der Waals surface area contributed by atoms with E-state index < -0.39 is 0 Å². The Kier molecular flexibility index (Phi) is 5.22. The van der Waals surface area contributed by atoms with Gasteiger partial charge in [-0.05, 0) is 28.8 Å². The fourth-order valence-electron chi connectivity index (χ4n) is 2.45. The van der Waals surface area contributed by atoms with Crippen molar-refractivity contribution in [3.05, 3.63) is 90.0 Å². The average molecular weight is 330 g/mol. The maximum Gasteiger partial charge on any atom is 0.275 e. The van der Waals surface area contributed by atoms with E-state index in [1.165, 1.54) is 7.11 Å². The van der Waals surface area contributed by atoms with Crippen LogP contribution >= 0.6 is 0 Å². The molecule has 0 radical (unpaired) electrons. The average Bonchev–Trinajstić information content (AvgIpc) is 2.69. The summed E-state index contributed by atoms with van der Waals surface area (Å²) in [6.07, 6.45) is 1.61. The standard InChI is InChI=1S/C21H18N2O2/c1-25-20-10-6-5-9-19(20)21(24)23-22-15-16-11-13-18(14-12-16)17-7-3-2-4-8-17/h2-15H,1H3,(H,23,24)/b22-15+. The number of hydrazone groups is 1. The van der Waals surface area contributed by atoms with Gasteiger partial charge in [0.05, 0.1) is 18.9 Å². The highest BCUT2D eigenvalue weighted by Crippen LogP contribution is 2.19. The smallest absolute Gasteiger partial charge is 0.275 e. The molecule has 4 nitrogen and oxygen atoms in total. The molecule has 1 amide bonds. The zero-order chi connectivity index (χ0) is 17.5. The van der Waals surface area contributed by atoms with Crippen molar-refractivity contribution in [1.29, 1.82) is 0 Å². The van der Waals surface area contributed by atoms with Crippen molar-refractivity contribution in [1.82, 2.24) is 5.43 Å². The van der Waals surface area contributed by atoms with Crippen LogP contribution in [0, 0.1) is 0 Å². The quantitative estimate of drug-likeness (QED) is 0.565. The highest BCUT2D eigenvalue weighted by molar-refractivity contribution is 5.97. The second-order valence-corrected chi connectivity index (χ2v) is 5.39. The van der Waals surface area contributed by atoms with E-state index in [1.807, 2.05) is 48.5 Å². The van der Waals surface area contributed by atoms with Gasteiger partial charge in [-0.2, -0.15) is 5.10 Å². The number of rotatable bonds is 5. The fourth-order valence-corrected chi connectivity index (χ4v) is 2.45. The van der Waals surface area contributed by atoms with Gasteiger partial charge >= 0.3 is 0 Å². The monoisotopic (exact) mass is 330 g/mol. The predicted octanol–water partition coefficient (Wildman–Crippen LogP) is 4.13. The number of para-hydroxylation sites is 1. The van der Waals surface area contributed by atoms with E-state index in [-0.39, 0.29) is 5.91 Å². The first-order valence-electron chi connectivity index (χ1n) is 7.90. The van der Waals surface area contributed by atoms with Crippen molar-refractivity contribution in [3.63, 3.8) is 0 Å². The van der Waals surface area contributed by atoms with Crippen LogP contribution in [0.1, 0.15) is 15.9 Å². The van der Waals surface area contributed by atoms with Gasteiger partial charge in [0.2, 0.25) is 0 Å². The van der Waals surface area contributed by atoms with Crippen molar-refractivity contribution >= 4 is 12.1 Å². The molecule has 0 aromatic heterocycles. The summed E-state index contributed by atoms with van der Waals surface area (Å²) in [5.74, 6) is 0.206. The Morgan fingerprint density at radius 3 is 2.24 bits per heavy atom. The summed E-state index contributed by atoms with van der Waals surface area (Å²) in [6, 6.07) is 25.1. The molecule has 3 rings (SSSR count). The lowest BCUT2D eigenvalue weighted by Crippen LogP contribution is -2.18. The second kappa shape index (κ2) is 7.93. The van der Waals surface area contributed by atoms with Gasteiger partial charge in [0.1, 0.15) is 5.75 Å². The third kappa shape index (κ3) is 4.12. The van der Waals surface area contributed by atoms with Crippen molar-refractivity contribution < 1.29 is 9.53 Å². The Morgan fingerprint density at radius 1 is 0.880 bits per heavy atom.